The van der Waals surface area contributed by atoms with Gasteiger partial charge in [-0.05, 0) is 65.7 Å². The van der Waals surface area contributed by atoms with E-state index in [0.29, 0.717) is 0 Å². The lowest BCUT2D eigenvalue weighted by Crippen LogP contribution is -2.44. The molecule has 1 fully saturated rings. The SMILES string of the molecule is CN1CCN(CCCOc2ccc3ccc(-c4ccc(O)cc4)cc3c2)CC1. The first-order chi connectivity index (χ1) is 13.7. The number of hydrogen-bond donors (Lipinski definition) is 1. The molecule has 0 aliphatic carbocycles. The fourth-order valence-electron chi connectivity index (χ4n) is 3.70. The molecular weight excluding hydrogens is 348 g/mol. The van der Waals surface area contributed by atoms with Gasteiger partial charge in [0.2, 0.25) is 0 Å². The third-order valence-electron chi connectivity index (χ3n) is 5.50. The van der Waals surface area contributed by atoms with Crippen molar-refractivity contribution < 1.29 is 9.84 Å². The zero-order valence-corrected chi connectivity index (χ0v) is 16.5. The van der Waals surface area contributed by atoms with Crippen LogP contribution in [0.25, 0.3) is 21.9 Å². The van der Waals surface area contributed by atoms with E-state index in [2.05, 4.69) is 53.2 Å². The van der Waals surface area contributed by atoms with Crippen molar-refractivity contribution >= 4 is 10.8 Å². The number of likely N-dealkylation sites (N-methyl/N-ethyl adjacent to an activating group) is 1. The highest BCUT2D eigenvalue weighted by Gasteiger charge is 2.12. The summed E-state index contributed by atoms with van der Waals surface area (Å²) in [5.41, 5.74) is 2.23. The molecule has 0 bridgehead atoms. The number of ether oxygens (including phenoxy) is 1. The monoisotopic (exact) mass is 376 g/mol. The summed E-state index contributed by atoms with van der Waals surface area (Å²) >= 11 is 0. The standard InChI is InChI=1S/C24H28N2O2/c1-25-12-14-26(15-13-25)11-2-16-28-24-10-7-20-3-4-21(17-22(20)18-24)19-5-8-23(27)9-6-19/h3-10,17-18,27H,2,11-16H2,1H3. The zero-order chi connectivity index (χ0) is 19.3. The summed E-state index contributed by atoms with van der Waals surface area (Å²) in [6, 6.07) is 20.0. The molecule has 0 radical (unpaired) electrons. The topological polar surface area (TPSA) is 35.9 Å². The first kappa shape index (κ1) is 18.8. The van der Waals surface area contributed by atoms with Gasteiger partial charge < -0.3 is 19.6 Å². The van der Waals surface area contributed by atoms with Crippen molar-refractivity contribution in [1.29, 1.82) is 0 Å². The molecule has 1 aliphatic heterocycles. The molecule has 1 heterocycles. The number of benzene rings is 3. The predicted molar refractivity (Wildman–Crippen MR) is 115 cm³/mol. The number of phenolic OH excluding ortho intramolecular Hbond substituents is 1. The summed E-state index contributed by atoms with van der Waals surface area (Å²) in [6.07, 6.45) is 1.05. The second-order valence-corrected chi connectivity index (χ2v) is 7.62. The maximum Gasteiger partial charge on any atom is 0.119 e. The summed E-state index contributed by atoms with van der Waals surface area (Å²) in [5, 5.41) is 11.9. The first-order valence-electron chi connectivity index (χ1n) is 10.0. The van der Waals surface area contributed by atoms with E-state index in [1.807, 2.05) is 12.1 Å². The number of phenols is 1. The van der Waals surface area contributed by atoms with E-state index in [9.17, 15) is 5.11 Å². The maximum absolute atomic E-state index is 9.49. The van der Waals surface area contributed by atoms with E-state index in [1.165, 1.54) is 10.8 Å². The van der Waals surface area contributed by atoms with Gasteiger partial charge in [-0.3, -0.25) is 0 Å². The van der Waals surface area contributed by atoms with E-state index >= 15 is 0 Å². The summed E-state index contributed by atoms with van der Waals surface area (Å²) in [7, 11) is 2.19. The van der Waals surface area contributed by atoms with Crippen LogP contribution in [0.2, 0.25) is 0 Å². The van der Waals surface area contributed by atoms with Crippen molar-refractivity contribution in [2.75, 3.05) is 46.4 Å². The second-order valence-electron chi connectivity index (χ2n) is 7.62. The van der Waals surface area contributed by atoms with Gasteiger partial charge in [0.1, 0.15) is 11.5 Å². The molecular formula is C24H28N2O2. The maximum atomic E-state index is 9.49. The molecule has 4 nitrogen and oxygen atoms in total. The number of rotatable bonds is 6. The first-order valence-corrected chi connectivity index (χ1v) is 10.0. The number of hydrogen-bond acceptors (Lipinski definition) is 4. The van der Waals surface area contributed by atoms with Crippen molar-refractivity contribution in [2.45, 2.75) is 6.42 Å². The minimum absolute atomic E-state index is 0.289. The fraction of sp³-hybridized carbons (Fsp3) is 0.333. The van der Waals surface area contributed by atoms with Gasteiger partial charge in [-0.15, -0.1) is 0 Å². The number of fused-ring (bicyclic) bond motifs is 1. The molecule has 0 saturated carbocycles. The molecule has 0 unspecified atom stereocenters. The summed E-state index contributed by atoms with van der Waals surface area (Å²) in [4.78, 5) is 4.90. The molecule has 4 rings (SSSR count). The lowest BCUT2D eigenvalue weighted by molar-refractivity contribution is 0.145. The Bertz CT molecular complexity index is 916. The Morgan fingerprint density at radius 1 is 0.821 bits per heavy atom. The highest BCUT2D eigenvalue weighted by atomic mass is 16.5. The number of aromatic hydroxyl groups is 1. The van der Waals surface area contributed by atoms with Crippen molar-refractivity contribution in [2.24, 2.45) is 0 Å². The molecule has 3 aromatic rings. The zero-order valence-electron chi connectivity index (χ0n) is 16.5. The molecule has 1 aliphatic rings. The minimum Gasteiger partial charge on any atom is -0.508 e. The number of piperazine rings is 1. The smallest absolute Gasteiger partial charge is 0.119 e. The molecule has 146 valence electrons. The average Bonchev–Trinajstić information content (AvgIpc) is 2.72. The van der Waals surface area contributed by atoms with Crippen LogP contribution in [0.4, 0.5) is 0 Å². The quantitative estimate of drug-likeness (QED) is 0.653. The van der Waals surface area contributed by atoms with Gasteiger partial charge in [0.05, 0.1) is 6.61 Å². The van der Waals surface area contributed by atoms with E-state index in [1.54, 1.807) is 12.1 Å². The van der Waals surface area contributed by atoms with Crippen molar-refractivity contribution in [3.8, 4) is 22.6 Å². The lowest BCUT2D eigenvalue weighted by atomic mass is 10.0. The molecule has 0 atom stereocenters. The van der Waals surface area contributed by atoms with Gasteiger partial charge in [0.15, 0.2) is 0 Å². The van der Waals surface area contributed by atoms with Gasteiger partial charge in [-0.2, -0.15) is 0 Å². The van der Waals surface area contributed by atoms with Gasteiger partial charge >= 0.3 is 0 Å². The molecule has 1 N–H and O–H groups in total. The van der Waals surface area contributed by atoms with Gasteiger partial charge in [-0.25, -0.2) is 0 Å². The van der Waals surface area contributed by atoms with Crippen LogP contribution in [0.15, 0.2) is 60.7 Å². The van der Waals surface area contributed by atoms with E-state index in [0.717, 1.165) is 62.6 Å². The molecule has 28 heavy (non-hydrogen) atoms. The highest BCUT2D eigenvalue weighted by molar-refractivity contribution is 5.88. The molecule has 0 spiro atoms. The van der Waals surface area contributed by atoms with Gasteiger partial charge in [0.25, 0.3) is 0 Å². The minimum atomic E-state index is 0.289. The Kier molecular flexibility index (Phi) is 5.79. The van der Waals surface area contributed by atoms with Crippen molar-refractivity contribution in [3.63, 3.8) is 0 Å². The fourth-order valence-corrected chi connectivity index (χ4v) is 3.70. The van der Waals surface area contributed by atoms with Gasteiger partial charge in [-0.1, -0.05) is 30.3 Å². The predicted octanol–water partition coefficient (Wildman–Crippen LogP) is 4.23. The van der Waals surface area contributed by atoms with Crippen LogP contribution >= 0.6 is 0 Å². The Morgan fingerprint density at radius 2 is 1.54 bits per heavy atom. The van der Waals surface area contributed by atoms with Crippen LogP contribution in [-0.4, -0.2) is 61.3 Å². The Labute approximate surface area is 167 Å². The second kappa shape index (κ2) is 8.63. The number of nitrogens with zero attached hydrogens (tertiary/aromatic N) is 2. The van der Waals surface area contributed by atoms with Gasteiger partial charge in [0, 0.05) is 32.7 Å². The molecule has 0 aromatic heterocycles. The van der Waals surface area contributed by atoms with Crippen LogP contribution < -0.4 is 4.74 Å². The van der Waals surface area contributed by atoms with Crippen LogP contribution in [0, 0.1) is 0 Å². The highest BCUT2D eigenvalue weighted by Crippen LogP contribution is 2.28. The summed E-state index contributed by atoms with van der Waals surface area (Å²) in [6.45, 7) is 6.49. The van der Waals surface area contributed by atoms with Crippen LogP contribution in [0.1, 0.15) is 6.42 Å². The van der Waals surface area contributed by atoms with Crippen LogP contribution in [-0.2, 0) is 0 Å². The summed E-state index contributed by atoms with van der Waals surface area (Å²) in [5.74, 6) is 1.21. The molecule has 0 amide bonds. The third-order valence-corrected chi connectivity index (χ3v) is 5.50. The normalized spacial score (nSPS) is 15.8. The third kappa shape index (κ3) is 4.64. The van der Waals surface area contributed by atoms with E-state index in [4.69, 9.17) is 4.74 Å². The average molecular weight is 377 g/mol. The van der Waals surface area contributed by atoms with Crippen molar-refractivity contribution in [3.05, 3.63) is 60.7 Å². The molecule has 4 heteroatoms. The molecule has 1 saturated heterocycles. The van der Waals surface area contributed by atoms with E-state index < -0.39 is 0 Å². The van der Waals surface area contributed by atoms with Crippen LogP contribution in [0.3, 0.4) is 0 Å². The van der Waals surface area contributed by atoms with Crippen molar-refractivity contribution in [1.82, 2.24) is 9.80 Å². The Morgan fingerprint density at radius 3 is 2.32 bits per heavy atom. The summed E-state index contributed by atoms with van der Waals surface area (Å²) < 4.78 is 6.02. The van der Waals surface area contributed by atoms with E-state index in [-0.39, 0.29) is 5.75 Å². The Hall–Kier alpha value is -2.56. The van der Waals surface area contributed by atoms with Crippen LogP contribution in [0.5, 0.6) is 11.5 Å². The Balaban J connectivity index is 1.37. The lowest BCUT2D eigenvalue weighted by Gasteiger charge is -2.32. The molecule has 3 aromatic carbocycles. The largest absolute Gasteiger partial charge is 0.508 e.